The second-order valence-corrected chi connectivity index (χ2v) is 5.43. The van der Waals surface area contributed by atoms with Gasteiger partial charge in [-0.3, -0.25) is 0 Å². The second-order valence-electron chi connectivity index (χ2n) is 5.43. The van der Waals surface area contributed by atoms with Gasteiger partial charge in [0, 0.05) is 24.7 Å². The third-order valence-corrected chi connectivity index (χ3v) is 4.19. The quantitative estimate of drug-likeness (QED) is 0.812. The van der Waals surface area contributed by atoms with Crippen molar-refractivity contribution in [3.05, 3.63) is 59.7 Å². The van der Waals surface area contributed by atoms with Crippen molar-refractivity contribution in [3.63, 3.8) is 0 Å². The van der Waals surface area contributed by atoms with Gasteiger partial charge in [0.25, 0.3) is 0 Å². The molecular weight excluding hydrogens is 234 g/mol. The highest BCUT2D eigenvalue weighted by atomic mass is 16.5. The van der Waals surface area contributed by atoms with E-state index in [-0.39, 0.29) is 5.41 Å². The van der Waals surface area contributed by atoms with Gasteiger partial charge in [-0.05, 0) is 36.2 Å². The third-order valence-electron chi connectivity index (χ3n) is 4.19. The molecule has 0 amide bonds. The van der Waals surface area contributed by atoms with Gasteiger partial charge in [0.15, 0.2) is 0 Å². The van der Waals surface area contributed by atoms with Crippen LogP contribution in [0.5, 0.6) is 5.75 Å². The Balaban J connectivity index is 2.08. The van der Waals surface area contributed by atoms with Crippen LogP contribution in [-0.4, -0.2) is 20.7 Å². The van der Waals surface area contributed by atoms with Crippen LogP contribution in [0.3, 0.4) is 0 Å². The first-order valence-corrected chi connectivity index (χ1v) is 6.60. The van der Waals surface area contributed by atoms with Crippen molar-refractivity contribution in [3.8, 4) is 5.75 Å². The first-order valence-electron chi connectivity index (χ1n) is 6.60. The van der Waals surface area contributed by atoms with E-state index in [1.807, 2.05) is 12.1 Å². The molecule has 0 aliphatic carbocycles. The van der Waals surface area contributed by atoms with E-state index >= 15 is 0 Å². The zero-order valence-electron chi connectivity index (χ0n) is 11.7. The fraction of sp³-hybridized carbons (Fsp3) is 0.294. The minimum atomic E-state index is 0.0532. The molecule has 0 bridgehead atoms. The summed E-state index contributed by atoms with van der Waals surface area (Å²) < 4.78 is 5.24. The molecule has 0 radical (unpaired) electrons. The Labute approximate surface area is 114 Å². The number of nitrogens with zero attached hydrogens (tertiary/aromatic N) is 1. The number of ether oxygens (including phenoxy) is 1. The third kappa shape index (κ3) is 1.79. The molecule has 0 spiro atoms. The van der Waals surface area contributed by atoms with Crippen molar-refractivity contribution in [1.29, 1.82) is 0 Å². The molecule has 0 fully saturated rings. The number of rotatable bonds is 2. The van der Waals surface area contributed by atoms with Crippen LogP contribution in [-0.2, 0) is 5.41 Å². The van der Waals surface area contributed by atoms with Gasteiger partial charge in [-0.1, -0.05) is 30.3 Å². The van der Waals surface area contributed by atoms with Gasteiger partial charge in [0.2, 0.25) is 0 Å². The van der Waals surface area contributed by atoms with Crippen molar-refractivity contribution in [2.45, 2.75) is 12.3 Å². The smallest absolute Gasteiger partial charge is 0.118 e. The number of likely N-dealkylation sites (N-methyl/N-ethyl adjacent to an activating group) is 1. The average molecular weight is 253 g/mol. The van der Waals surface area contributed by atoms with Gasteiger partial charge in [-0.15, -0.1) is 0 Å². The predicted octanol–water partition coefficient (Wildman–Crippen LogP) is 3.45. The Hall–Kier alpha value is -1.96. The van der Waals surface area contributed by atoms with Crippen LogP contribution in [0.25, 0.3) is 0 Å². The molecule has 0 unspecified atom stereocenters. The minimum absolute atomic E-state index is 0.0532. The molecule has 0 aromatic heterocycles. The van der Waals surface area contributed by atoms with Crippen LogP contribution >= 0.6 is 0 Å². The molecule has 2 nitrogen and oxygen atoms in total. The molecule has 2 heteroatoms. The predicted molar refractivity (Wildman–Crippen MR) is 79.2 cm³/mol. The lowest BCUT2D eigenvalue weighted by atomic mass is 9.78. The maximum absolute atomic E-state index is 5.24. The lowest BCUT2D eigenvalue weighted by molar-refractivity contribution is 0.414. The fourth-order valence-corrected chi connectivity index (χ4v) is 3.12. The zero-order valence-corrected chi connectivity index (χ0v) is 11.7. The average Bonchev–Trinajstić information content (AvgIpc) is 2.72. The summed E-state index contributed by atoms with van der Waals surface area (Å²) in [4.78, 5) is 2.33. The van der Waals surface area contributed by atoms with Gasteiger partial charge in [-0.2, -0.15) is 0 Å². The van der Waals surface area contributed by atoms with E-state index in [0.717, 1.165) is 12.3 Å². The van der Waals surface area contributed by atoms with Gasteiger partial charge in [0.1, 0.15) is 5.75 Å². The highest BCUT2D eigenvalue weighted by molar-refractivity contribution is 5.65. The van der Waals surface area contributed by atoms with E-state index in [1.165, 1.54) is 16.8 Å². The molecular formula is C17H19NO. The normalized spacial score (nSPS) is 21.3. The molecule has 98 valence electrons. The maximum Gasteiger partial charge on any atom is 0.118 e. The van der Waals surface area contributed by atoms with Crippen molar-refractivity contribution in [2.75, 3.05) is 25.6 Å². The maximum atomic E-state index is 5.24. The molecule has 0 saturated carbocycles. The number of para-hydroxylation sites is 1. The Kier molecular flexibility index (Phi) is 2.74. The summed E-state index contributed by atoms with van der Waals surface area (Å²) in [6, 6.07) is 17.1. The lowest BCUT2D eigenvalue weighted by Crippen LogP contribution is -2.29. The van der Waals surface area contributed by atoms with Gasteiger partial charge in [-0.25, -0.2) is 0 Å². The number of hydrogen-bond acceptors (Lipinski definition) is 2. The molecule has 1 atom stereocenters. The van der Waals surface area contributed by atoms with E-state index < -0.39 is 0 Å². The van der Waals surface area contributed by atoms with E-state index in [9.17, 15) is 0 Å². The molecule has 1 heterocycles. The van der Waals surface area contributed by atoms with Gasteiger partial charge in [0.05, 0.1) is 7.11 Å². The van der Waals surface area contributed by atoms with Crippen LogP contribution in [0.4, 0.5) is 5.69 Å². The summed E-state index contributed by atoms with van der Waals surface area (Å²) in [7, 11) is 3.86. The zero-order chi connectivity index (χ0) is 13.5. The summed E-state index contributed by atoms with van der Waals surface area (Å²) in [6.45, 7) is 3.33. The van der Waals surface area contributed by atoms with Crippen LogP contribution < -0.4 is 9.64 Å². The molecule has 0 saturated heterocycles. The van der Waals surface area contributed by atoms with Crippen molar-refractivity contribution >= 4 is 5.69 Å². The van der Waals surface area contributed by atoms with E-state index in [0.29, 0.717) is 0 Å². The number of fused-ring (bicyclic) bond motifs is 1. The molecule has 2 aromatic carbocycles. The monoisotopic (exact) mass is 253 g/mol. The van der Waals surface area contributed by atoms with Gasteiger partial charge >= 0.3 is 0 Å². The number of benzene rings is 2. The molecule has 1 aliphatic heterocycles. The van der Waals surface area contributed by atoms with Crippen LogP contribution in [0.15, 0.2) is 48.5 Å². The molecule has 2 aromatic rings. The molecule has 1 aliphatic rings. The van der Waals surface area contributed by atoms with Crippen LogP contribution in [0.1, 0.15) is 18.1 Å². The molecule has 3 rings (SSSR count). The van der Waals surface area contributed by atoms with E-state index in [2.05, 4.69) is 55.3 Å². The highest BCUT2D eigenvalue weighted by Crippen LogP contribution is 2.44. The Bertz CT molecular complexity index is 590. The topological polar surface area (TPSA) is 12.5 Å². The number of hydrogen-bond donors (Lipinski definition) is 0. The number of methoxy groups -OCH3 is 1. The summed E-state index contributed by atoms with van der Waals surface area (Å²) in [5, 5.41) is 0. The highest BCUT2D eigenvalue weighted by Gasteiger charge is 2.38. The lowest BCUT2D eigenvalue weighted by Gasteiger charge is -2.26. The summed E-state index contributed by atoms with van der Waals surface area (Å²) >= 11 is 0. The first kappa shape index (κ1) is 12.1. The standard InChI is InChI=1S/C17H19NO/c1-17(13-8-10-14(19-3)11-9-13)12-18(2)16-7-5-4-6-15(16)17/h4-11H,12H2,1-3H3/t17-/m1/s1. The van der Waals surface area contributed by atoms with Crippen molar-refractivity contribution in [2.24, 2.45) is 0 Å². The second kappa shape index (κ2) is 4.30. The number of anilines is 1. The first-order chi connectivity index (χ1) is 9.15. The largest absolute Gasteiger partial charge is 0.497 e. The Morgan fingerprint density at radius 2 is 1.74 bits per heavy atom. The Morgan fingerprint density at radius 1 is 1.05 bits per heavy atom. The summed E-state index contributed by atoms with van der Waals surface area (Å²) in [5.41, 5.74) is 4.13. The van der Waals surface area contributed by atoms with Crippen LogP contribution in [0.2, 0.25) is 0 Å². The van der Waals surface area contributed by atoms with Gasteiger partial charge < -0.3 is 9.64 Å². The van der Waals surface area contributed by atoms with Crippen molar-refractivity contribution in [1.82, 2.24) is 0 Å². The van der Waals surface area contributed by atoms with E-state index in [4.69, 9.17) is 4.74 Å². The molecule has 19 heavy (non-hydrogen) atoms. The van der Waals surface area contributed by atoms with Crippen molar-refractivity contribution < 1.29 is 4.74 Å². The molecule has 0 N–H and O–H groups in total. The fourth-order valence-electron chi connectivity index (χ4n) is 3.12. The Morgan fingerprint density at radius 3 is 2.42 bits per heavy atom. The summed E-state index contributed by atoms with van der Waals surface area (Å²) in [6.07, 6.45) is 0. The summed E-state index contributed by atoms with van der Waals surface area (Å²) in [5.74, 6) is 0.909. The van der Waals surface area contributed by atoms with Crippen LogP contribution in [0, 0.1) is 0 Å². The van der Waals surface area contributed by atoms with E-state index in [1.54, 1.807) is 7.11 Å². The minimum Gasteiger partial charge on any atom is -0.497 e. The SMILES string of the molecule is COc1ccc([C@@]2(C)CN(C)c3ccccc32)cc1.